The molecule has 1 aromatic heterocycles. The fourth-order valence-electron chi connectivity index (χ4n) is 3.73. The number of benzene rings is 2. The zero-order valence-electron chi connectivity index (χ0n) is 16.3. The van der Waals surface area contributed by atoms with Gasteiger partial charge in [0.1, 0.15) is 12.1 Å². The first-order valence-corrected chi connectivity index (χ1v) is 9.42. The molecule has 2 heterocycles. The third-order valence-electron chi connectivity index (χ3n) is 5.37. The van der Waals surface area contributed by atoms with Gasteiger partial charge in [-0.2, -0.15) is 0 Å². The van der Waals surface area contributed by atoms with E-state index in [0.29, 0.717) is 16.8 Å². The lowest BCUT2D eigenvalue weighted by Gasteiger charge is -2.32. The summed E-state index contributed by atoms with van der Waals surface area (Å²) in [6.07, 6.45) is 2.84. The van der Waals surface area contributed by atoms with Crippen LogP contribution in [0.5, 0.6) is 0 Å². The van der Waals surface area contributed by atoms with Crippen molar-refractivity contribution in [3.05, 3.63) is 89.1 Å². The number of furan rings is 1. The molecule has 2 N–H and O–H groups in total. The highest BCUT2D eigenvalue weighted by Crippen LogP contribution is 2.30. The highest BCUT2D eigenvalue weighted by atomic mass is 19.1. The predicted octanol–water partition coefficient (Wildman–Crippen LogP) is 3.59. The normalized spacial score (nSPS) is 17.3. The Morgan fingerprint density at radius 1 is 1.24 bits per heavy atom. The van der Waals surface area contributed by atoms with Gasteiger partial charge in [0.05, 0.1) is 36.2 Å². The van der Waals surface area contributed by atoms with Crippen molar-refractivity contribution in [2.24, 2.45) is 10.7 Å². The van der Waals surface area contributed by atoms with Gasteiger partial charge in [-0.25, -0.2) is 4.39 Å². The fourth-order valence-corrected chi connectivity index (χ4v) is 3.73. The summed E-state index contributed by atoms with van der Waals surface area (Å²) in [6.45, 7) is 2.24. The number of aliphatic imine (C=N–C) groups is 1. The smallest absolute Gasteiger partial charge is 0.184 e. The first kappa shape index (κ1) is 19.1. The molecule has 2 atom stereocenters. The van der Waals surface area contributed by atoms with Crippen molar-refractivity contribution in [1.29, 1.82) is 0 Å². The zero-order valence-corrected chi connectivity index (χ0v) is 16.3. The Morgan fingerprint density at radius 3 is 2.76 bits per heavy atom. The van der Waals surface area contributed by atoms with Crippen LogP contribution in [-0.4, -0.2) is 37.2 Å². The second-order valence-electron chi connectivity index (χ2n) is 7.27. The van der Waals surface area contributed by atoms with Gasteiger partial charge in [0, 0.05) is 23.9 Å². The van der Waals surface area contributed by atoms with E-state index in [0.717, 1.165) is 16.8 Å². The number of aryl methyl sites for hydroxylation is 1. The molecule has 1 aliphatic rings. The van der Waals surface area contributed by atoms with Gasteiger partial charge < -0.3 is 15.1 Å². The van der Waals surface area contributed by atoms with Crippen LogP contribution < -0.4 is 10.6 Å². The fraction of sp³-hybridized carbons (Fsp3) is 0.217. The molecule has 0 saturated carbocycles. The van der Waals surface area contributed by atoms with Gasteiger partial charge >= 0.3 is 0 Å². The number of hydrogen-bond donors (Lipinski definition) is 1. The average molecular weight is 391 g/mol. The minimum absolute atomic E-state index is 0.214. The maximum atomic E-state index is 14.6. The van der Waals surface area contributed by atoms with Crippen molar-refractivity contribution in [3.63, 3.8) is 0 Å². The number of halogens is 1. The van der Waals surface area contributed by atoms with Crippen molar-refractivity contribution >= 4 is 17.2 Å². The van der Waals surface area contributed by atoms with Crippen molar-refractivity contribution in [2.45, 2.75) is 19.0 Å². The third kappa shape index (κ3) is 3.47. The minimum atomic E-state index is -0.810. The lowest BCUT2D eigenvalue weighted by Crippen LogP contribution is -2.52. The standard InChI is InChI=1S/C23H22FN3O2/c1-14-7-8-19-17(11-14)22(16-5-3-4-6-18(16)24)26-12-20(27(19)2)21(25)23(28)15-9-10-29-13-15/h3-11,13,20-21H,12,25H2,1-2H3. The number of likely N-dealkylation sites (N-methyl/N-ethyl adjacent to an activating group) is 1. The largest absolute Gasteiger partial charge is 0.472 e. The number of carbonyl (C=O) groups is 1. The van der Waals surface area contributed by atoms with Gasteiger partial charge in [-0.15, -0.1) is 0 Å². The van der Waals surface area contributed by atoms with Crippen molar-refractivity contribution in [1.82, 2.24) is 0 Å². The maximum Gasteiger partial charge on any atom is 0.184 e. The highest BCUT2D eigenvalue weighted by Gasteiger charge is 2.33. The summed E-state index contributed by atoms with van der Waals surface area (Å²) in [7, 11) is 1.89. The van der Waals surface area contributed by atoms with Gasteiger partial charge in [-0.3, -0.25) is 9.79 Å². The first-order chi connectivity index (χ1) is 14.0. The molecule has 0 saturated heterocycles. The van der Waals surface area contributed by atoms with E-state index in [9.17, 15) is 9.18 Å². The van der Waals surface area contributed by atoms with E-state index in [1.165, 1.54) is 18.6 Å². The van der Waals surface area contributed by atoms with Gasteiger partial charge in [0.25, 0.3) is 0 Å². The Kier molecular flexibility index (Phi) is 5.03. The number of Topliss-reactive ketones (excluding diaryl/α,β-unsaturated/α-hetero) is 1. The zero-order chi connectivity index (χ0) is 20.5. The molecule has 6 heteroatoms. The van der Waals surface area contributed by atoms with Crippen molar-refractivity contribution in [3.8, 4) is 0 Å². The summed E-state index contributed by atoms with van der Waals surface area (Å²) >= 11 is 0. The number of ketones is 1. The van der Waals surface area contributed by atoms with Crippen LogP contribution in [0.1, 0.15) is 27.0 Å². The van der Waals surface area contributed by atoms with E-state index in [2.05, 4.69) is 0 Å². The lowest BCUT2D eigenvalue weighted by molar-refractivity contribution is 0.0949. The van der Waals surface area contributed by atoms with Crippen LogP contribution in [-0.2, 0) is 0 Å². The highest BCUT2D eigenvalue weighted by molar-refractivity contribution is 6.16. The summed E-state index contributed by atoms with van der Waals surface area (Å²) in [5.41, 5.74) is 10.5. The van der Waals surface area contributed by atoms with E-state index in [1.807, 2.05) is 37.1 Å². The van der Waals surface area contributed by atoms with Crippen LogP contribution in [0.3, 0.4) is 0 Å². The molecule has 1 aliphatic heterocycles. The molecule has 4 rings (SSSR count). The quantitative estimate of drug-likeness (QED) is 0.690. The molecule has 0 amide bonds. The minimum Gasteiger partial charge on any atom is -0.472 e. The van der Waals surface area contributed by atoms with Crippen LogP contribution >= 0.6 is 0 Å². The summed E-state index contributed by atoms with van der Waals surface area (Å²) in [5, 5.41) is 0. The second kappa shape index (κ2) is 7.64. The van der Waals surface area contributed by atoms with E-state index in [1.54, 1.807) is 24.3 Å². The van der Waals surface area contributed by atoms with Gasteiger partial charge in [-0.05, 0) is 37.3 Å². The van der Waals surface area contributed by atoms with Crippen LogP contribution in [0.25, 0.3) is 0 Å². The number of benzodiazepines with no additional fused rings is 1. The van der Waals surface area contributed by atoms with Crippen LogP contribution in [0, 0.1) is 12.7 Å². The first-order valence-electron chi connectivity index (χ1n) is 9.42. The number of fused-ring (bicyclic) bond motifs is 1. The Morgan fingerprint density at radius 2 is 2.03 bits per heavy atom. The molecular formula is C23H22FN3O2. The molecule has 2 unspecified atom stereocenters. The van der Waals surface area contributed by atoms with E-state index in [-0.39, 0.29) is 24.2 Å². The Hall–Kier alpha value is -3.25. The maximum absolute atomic E-state index is 14.6. The number of anilines is 1. The lowest BCUT2D eigenvalue weighted by atomic mass is 9.97. The van der Waals surface area contributed by atoms with Crippen molar-refractivity contribution in [2.75, 3.05) is 18.5 Å². The molecule has 0 fully saturated rings. The Labute approximate surface area is 168 Å². The van der Waals surface area contributed by atoms with Gasteiger partial charge in [-0.1, -0.05) is 23.8 Å². The molecule has 5 nitrogen and oxygen atoms in total. The number of nitrogens with zero attached hydrogens (tertiary/aromatic N) is 2. The number of nitrogens with two attached hydrogens (primary N) is 1. The van der Waals surface area contributed by atoms with Crippen LogP contribution in [0.4, 0.5) is 10.1 Å². The molecule has 2 aromatic carbocycles. The second-order valence-corrected chi connectivity index (χ2v) is 7.27. The number of hydrogen-bond acceptors (Lipinski definition) is 5. The summed E-state index contributed by atoms with van der Waals surface area (Å²) < 4.78 is 19.6. The molecule has 0 spiro atoms. The molecule has 0 bridgehead atoms. The SMILES string of the molecule is Cc1ccc2c(c1)C(c1ccccc1F)=NCC(C(N)C(=O)c1ccoc1)N2C. The van der Waals surface area contributed by atoms with Crippen LogP contribution in [0.15, 0.2) is 70.5 Å². The van der Waals surface area contributed by atoms with E-state index < -0.39 is 6.04 Å². The molecule has 148 valence electrons. The van der Waals surface area contributed by atoms with E-state index in [4.69, 9.17) is 15.1 Å². The molecule has 29 heavy (non-hydrogen) atoms. The summed E-state index contributed by atoms with van der Waals surface area (Å²) in [4.78, 5) is 19.5. The number of carbonyl (C=O) groups excluding carboxylic acids is 1. The third-order valence-corrected chi connectivity index (χ3v) is 5.37. The van der Waals surface area contributed by atoms with E-state index >= 15 is 0 Å². The summed E-state index contributed by atoms with van der Waals surface area (Å²) in [5.74, 6) is -0.549. The Balaban J connectivity index is 1.80. The Bertz CT molecular complexity index is 1080. The number of rotatable bonds is 4. The molecule has 0 radical (unpaired) electrons. The van der Waals surface area contributed by atoms with Crippen LogP contribution in [0.2, 0.25) is 0 Å². The molecule has 0 aliphatic carbocycles. The van der Waals surface area contributed by atoms with Gasteiger partial charge in [0.2, 0.25) is 0 Å². The van der Waals surface area contributed by atoms with Crippen molar-refractivity contribution < 1.29 is 13.6 Å². The topological polar surface area (TPSA) is 71.8 Å². The predicted molar refractivity (Wildman–Crippen MR) is 111 cm³/mol. The monoisotopic (exact) mass is 391 g/mol. The molecular weight excluding hydrogens is 369 g/mol. The average Bonchev–Trinajstić information content (AvgIpc) is 3.21. The van der Waals surface area contributed by atoms with Gasteiger partial charge in [0.15, 0.2) is 5.78 Å². The molecule has 3 aromatic rings. The summed E-state index contributed by atoms with van der Waals surface area (Å²) in [6, 6.07) is 12.9.